The molecule has 0 N–H and O–H groups in total. The van der Waals surface area contributed by atoms with Crippen molar-refractivity contribution in [1.82, 2.24) is 4.98 Å². The average Bonchev–Trinajstić information content (AvgIpc) is 3.00. The summed E-state index contributed by atoms with van der Waals surface area (Å²) in [5, 5.41) is 0.956. The Hall–Kier alpha value is -0.850. The van der Waals surface area contributed by atoms with E-state index in [4.69, 9.17) is 16.3 Å². The quantitative estimate of drug-likeness (QED) is 0.796. The van der Waals surface area contributed by atoms with Gasteiger partial charge in [0.25, 0.3) is 0 Å². The molecule has 18 heavy (non-hydrogen) atoms. The topological polar surface area (TPSA) is 51.7 Å². The second-order valence-electron chi connectivity index (χ2n) is 3.91. The molecule has 0 radical (unpaired) electrons. The lowest BCUT2D eigenvalue weighted by Gasteiger charge is -2.25. The van der Waals surface area contributed by atoms with Crippen LogP contribution in [0, 0.1) is 0 Å². The molecule has 1 unspecified atom stereocenters. The van der Waals surface area contributed by atoms with Gasteiger partial charge in [0.05, 0.1) is 19.8 Å². The van der Waals surface area contributed by atoms with Crippen LogP contribution in [-0.4, -0.2) is 43.9 Å². The van der Waals surface area contributed by atoms with Crippen LogP contribution in [0.25, 0.3) is 0 Å². The summed E-state index contributed by atoms with van der Waals surface area (Å²) in [4.78, 5) is 18.2. The van der Waals surface area contributed by atoms with Gasteiger partial charge < -0.3 is 14.4 Å². The lowest BCUT2D eigenvalue weighted by Crippen LogP contribution is -2.35. The molecule has 0 aromatic carbocycles. The van der Waals surface area contributed by atoms with Crippen molar-refractivity contribution >= 4 is 34.0 Å². The Bertz CT molecular complexity index is 432. The third-order valence-corrected chi connectivity index (χ3v) is 4.34. The molecule has 1 aromatic heterocycles. The Morgan fingerprint density at radius 3 is 3.06 bits per heavy atom. The second kappa shape index (κ2) is 5.86. The summed E-state index contributed by atoms with van der Waals surface area (Å²) in [6, 6.07) is 0.308. The fourth-order valence-corrected chi connectivity index (χ4v) is 3.28. The highest BCUT2D eigenvalue weighted by molar-refractivity contribution is 7.18. The number of likely N-dealkylation sites (N-methyl/N-ethyl adjacent to an activating group) is 1. The number of thiazole rings is 1. The lowest BCUT2D eigenvalue weighted by molar-refractivity contribution is 0.0606. The normalized spacial score (nSPS) is 18.9. The Morgan fingerprint density at radius 2 is 2.50 bits per heavy atom. The highest BCUT2D eigenvalue weighted by Crippen LogP contribution is 2.32. The molecule has 1 aromatic rings. The van der Waals surface area contributed by atoms with E-state index in [0.29, 0.717) is 17.5 Å². The van der Waals surface area contributed by atoms with Crippen LogP contribution in [0.2, 0.25) is 5.15 Å². The van der Waals surface area contributed by atoms with Gasteiger partial charge in [0, 0.05) is 13.2 Å². The van der Waals surface area contributed by atoms with E-state index in [0.717, 1.165) is 24.7 Å². The zero-order valence-electron chi connectivity index (χ0n) is 10.3. The molecule has 0 aliphatic carbocycles. The van der Waals surface area contributed by atoms with Crippen LogP contribution in [-0.2, 0) is 9.47 Å². The molecule has 1 atom stereocenters. The number of halogens is 1. The number of carbonyl (C=O) groups excluding carboxylic acids is 1. The molecule has 0 bridgehead atoms. The molecule has 2 rings (SSSR count). The van der Waals surface area contributed by atoms with Crippen molar-refractivity contribution in [3.8, 4) is 0 Å². The molecule has 0 spiro atoms. The smallest absolute Gasteiger partial charge is 0.351 e. The van der Waals surface area contributed by atoms with Gasteiger partial charge in [-0.1, -0.05) is 22.9 Å². The molecule has 7 heteroatoms. The van der Waals surface area contributed by atoms with Gasteiger partial charge in [-0.15, -0.1) is 0 Å². The number of nitrogens with zero attached hydrogens (tertiary/aromatic N) is 2. The van der Waals surface area contributed by atoms with Crippen molar-refractivity contribution in [2.75, 3.05) is 31.8 Å². The van der Waals surface area contributed by atoms with Gasteiger partial charge in [-0.2, -0.15) is 0 Å². The molecule has 2 heterocycles. The van der Waals surface area contributed by atoms with Crippen molar-refractivity contribution in [3.05, 3.63) is 10.0 Å². The summed E-state index contributed by atoms with van der Waals surface area (Å²) in [6.45, 7) is 4.31. The van der Waals surface area contributed by atoms with E-state index in [-0.39, 0.29) is 5.15 Å². The number of hydrogen-bond acceptors (Lipinski definition) is 6. The lowest BCUT2D eigenvalue weighted by atomic mass is 10.2. The van der Waals surface area contributed by atoms with Crippen molar-refractivity contribution in [2.45, 2.75) is 19.4 Å². The minimum absolute atomic E-state index is 0.208. The van der Waals surface area contributed by atoms with Crippen LogP contribution in [0.3, 0.4) is 0 Å². The van der Waals surface area contributed by atoms with Crippen LogP contribution in [0.5, 0.6) is 0 Å². The van der Waals surface area contributed by atoms with Crippen molar-refractivity contribution in [2.24, 2.45) is 0 Å². The van der Waals surface area contributed by atoms with E-state index in [1.807, 2.05) is 6.92 Å². The first-order valence-electron chi connectivity index (χ1n) is 5.76. The van der Waals surface area contributed by atoms with E-state index in [2.05, 4.69) is 14.6 Å². The van der Waals surface area contributed by atoms with Crippen molar-refractivity contribution in [1.29, 1.82) is 0 Å². The minimum atomic E-state index is -0.442. The largest absolute Gasteiger partial charge is 0.465 e. The number of anilines is 1. The monoisotopic (exact) mass is 290 g/mol. The van der Waals surface area contributed by atoms with Crippen molar-refractivity contribution < 1.29 is 14.3 Å². The van der Waals surface area contributed by atoms with Crippen LogP contribution >= 0.6 is 22.9 Å². The van der Waals surface area contributed by atoms with Gasteiger partial charge in [0.1, 0.15) is 0 Å². The number of esters is 1. The molecule has 100 valence electrons. The maximum Gasteiger partial charge on any atom is 0.351 e. The predicted molar refractivity (Wildman–Crippen MR) is 70.7 cm³/mol. The Balaban J connectivity index is 2.23. The number of ether oxygens (including phenoxy) is 2. The summed E-state index contributed by atoms with van der Waals surface area (Å²) in [6.07, 6.45) is 0.971. The van der Waals surface area contributed by atoms with E-state index in [1.54, 1.807) is 0 Å². The van der Waals surface area contributed by atoms with Gasteiger partial charge >= 0.3 is 5.97 Å². The summed E-state index contributed by atoms with van der Waals surface area (Å²) in [5.74, 6) is -0.442. The van der Waals surface area contributed by atoms with E-state index >= 15 is 0 Å². The number of rotatable bonds is 4. The molecule has 0 amide bonds. The Labute approximate surface area is 115 Å². The zero-order chi connectivity index (χ0) is 13.1. The SMILES string of the molecule is CCN(c1nc(Cl)c(C(=O)OC)s1)C1CCOC1. The van der Waals surface area contributed by atoms with Gasteiger partial charge in [-0.3, -0.25) is 0 Å². The number of hydrogen-bond donors (Lipinski definition) is 0. The van der Waals surface area contributed by atoms with Crippen molar-refractivity contribution in [3.63, 3.8) is 0 Å². The molecule has 1 fully saturated rings. The summed E-state index contributed by atoms with van der Waals surface area (Å²) < 4.78 is 10.1. The second-order valence-corrected chi connectivity index (χ2v) is 5.25. The first-order valence-corrected chi connectivity index (χ1v) is 6.95. The third-order valence-electron chi connectivity index (χ3n) is 2.88. The zero-order valence-corrected chi connectivity index (χ0v) is 11.9. The summed E-state index contributed by atoms with van der Waals surface area (Å²) >= 11 is 7.23. The third kappa shape index (κ3) is 2.60. The van der Waals surface area contributed by atoms with E-state index in [9.17, 15) is 4.79 Å². The van der Waals surface area contributed by atoms with Crippen LogP contribution in [0.1, 0.15) is 23.0 Å². The molecular formula is C11H15ClN2O3S. The molecule has 5 nitrogen and oxygen atoms in total. The molecular weight excluding hydrogens is 276 g/mol. The fraction of sp³-hybridized carbons (Fsp3) is 0.636. The Kier molecular flexibility index (Phi) is 4.42. The summed E-state index contributed by atoms with van der Waals surface area (Å²) in [5.41, 5.74) is 0. The molecule has 1 aliphatic rings. The highest BCUT2D eigenvalue weighted by Gasteiger charge is 2.27. The number of aromatic nitrogens is 1. The van der Waals surface area contributed by atoms with Crippen LogP contribution in [0.15, 0.2) is 0 Å². The first-order chi connectivity index (χ1) is 8.67. The Morgan fingerprint density at radius 1 is 1.72 bits per heavy atom. The van der Waals surface area contributed by atoms with Crippen LogP contribution < -0.4 is 4.90 Å². The first kappa shape index (κ1) is 13.6. The van der Waals surface area contributed by atoms with E-state index < -0.39 is 5.97 Å². The minimum Gasteiger partial charge on any atom is -0.465 e. The standard InChI is InChI=1S/C11H15ClN2O3S/c1-3-14(7-4-5-17-6-7)11-13-9(12)8(18-11)10(15)16-2/h7H,3-6H2,1-2H3. The fourth-order valence-electron chi connectivity index (χ4n) is 1.95. The van der Waals surface area contributed by atoms with Gasteiger partial charge in [0.15, 0.2) is 15.2 Å². The molecule has 1 aliphatic heterocycles. The predicted octanol–water partition coefficient (Wildman–Crippen LogP) is 2.20. The number of carbonyl (C=O) groups is 1. The molecule has 1 saturated heterocycles. The maximum absolute atomic E-state index is 11.5. The van der Waals surface area contributed by atoms with Gasteiger partial charge in [-0.05, 0) is 13.3 Å². The van der Waals surface area contributed by atoms with Gasteiger partial charge in [0.2, 0.25) is 0 Å². The average molecular weight is 291 g/mol. The van der Waals surface area contributed by atoms with Gasteiger partial charge in [-0.25, -0.2) is 9.78 Å². The highest BCUT2D eigenvalue weighted by atomic mass is 35.5. The van der Waals surface area contributed by atoms with Crippen LogP contribution in [0.4, 0.5) is 5.13 Å². The number of methoxy groups -OCH3 is 1. The summed E-state index contributed by atoms with van der Waals surface area (Å²) in [7, 11) is 1.33. The molecule has 0 saturated carbocycles. The maximum atomic E-state index is 11.5. The van der Waals surface area contributed by atoms with E-state index in [1.165, 1.54) is 18.4 Å².